The molecular formula is C12H14ClNO2. The molecule has 0 bridgehead atoms. The van der Waals surface area contributed by atoms with E-state index in [1.165, 1.54) is 11.0 Å². The van der Waals surface area contributed by atoms with Gasteiger partial charge < -0.3 is 10.0 Å². The van der Waals surface area contributed by atoms with Crippen LogP contribution < -0.4 is 0 Å². The van der Waals surface area contributed by atoms with Gasteiger partial charge in [-0.15, -0.1) is 0 Å². The molecule has 0 aliphatic heterocycles. The SMILES string of the molecule is CN(CCO)C(=O)/C=C/c1cccc(Cl)c1. The van der Waals surface area contributed by atoms with Crippen molar-refractivity contribution >= 4 is 23.6 Å². The molecule has 16 heavy (non-hydrogen) atoms. The lowest BCUT2D eigenvalue weighted by molar-refractivity contribution is -0.125. The number of nitrogens with zero attached hydrogens (tertiary/aromatic N) is 1. The number of hydrogen-bond acceptors (Lipinski definition) is 2. The Balaban J connectivity index is 2.63. The Labute approximate surface area is 100.0 Å². The third-order valence-electron chi connectivity index (χ3n) is 2.08. The van der Waals surface area contributed by atoms with Crippen LogP contribution in [0.15, 0.2) is 30.3 Å². The van der Waals surface area contributed by atoms with Gasteiger partial charge in [0, 0.05) is 24.7 Å². The van der Waals surface area contributed by atoms with Crippen LogP contribution in [0.1, 0.15) is 5.56 Å². The Bertz CT molecular complexity index is 390. The van der Waals surface area contributed by atoms with Gasteiger partial charge in [-0.05, 0) is 23.8 Å². The van der Waals surface area contributed by atoms with Crippen molar-refractivity contribution in [2.45, 2.75) is 0 Å². The molecule has 0 aliphatic carbocycles. The monoisotopic (exact) mass is 239 g/mol. The molecule has 0 saturated carbocycles. The van der Waals surface area contributed by atoms with E-state index in [4.69, 9.17) is 16.7 Å². The molecule has 0 atom stereocenters. The van der Waals surface area contributed by atoms with Crippen LogP contribution in [0.25, 0.3) is 6.08 Å². The van der Waals surface area contributed by atoms with Gasteiger partial charge in [0.25, 0.3) is 0 Å². The van der Waals surface area contributed by atoms with E-state index in [-0.39, 0.29) is 12.5 Å². The average Bonchev–Trinajstić information content (AvgIpc) is 2.26. The third kappa shape index (κ3) is 4.04. The molecule has 0 heterocycles. The van der Waals surface area contributed by atoms with Gasteiger partial charge in [-0.1, -0.05) is 23.7 Å². The lowest BCUT2D eigenvalue weighted by atomic mass is 10.2. The number of benzene rings is 1. The molecule has 1 aromatic carbocycles. The molecule has 0 spiro atoms. The van der Waals surface area contributed by atoms with Crippen molar-refractivity contribution in [3.8, 4) is 0 Å². The summed E-state index contributed by atoms with van der Waals surface area (Å²) < 4.78 is 0. The highest BCUT2D eigenvalue weighted by Gasteiger charge is 2.02. The fourth-order valence-corrected chi connectivity index (χ4v) is 1.36. The number of carbonyl (C=O) groups excluding carboxylic acids is 1. The number of carbonyl (C=O) groups is 1. The predicted octanol–water partition coefficient (Wildman–Crippen LogP) is 1.80. The maximum atomic E-state index is 11.5. The summed E-state index contributed by atoms with van der Waals surface area (Å²) in [5.74, 6) is -0.144. The van der Waals surface area contributed by atoms with E-state index in [0.717, 1.165) is 5.56 Å². The largest absolute Gasteiger partial charge is 0.395 e. The Hall–Kier alpha value is -1.32. The first-order valence-electron chi connectivity index (χ1n) is 4.93. The fourth-order valence-electron chi connectivity index (χ4n) is 1.17. The molecule has 0 saturated heterocycles. The molecule has 0 radical (unpaired) electrons. The van der Waals surface area contributed by atoms with Crippen LogP contribution in [0.3, 0.4) is 0 Å². The molecule has 0 aliphatic rings. The van der Waals surface area contributed by atoms with Crippen molar-refractivity contribution in [3.63, 3.8) is 0 Å². The highest BCUT2D eigenvalue weighted by Crippen LogP contribution is 2.11. The van der Waals surface area contributed by atoms with E-state index >= 15 is 0 Å². The second-order valence-corrected chi connectivity index (χ2v) is 3.81. The molecule has 0 aromatic heterocycles. The van der Waals surface area contributed by atoms with Crippen molar-refractivity contribution < 1.29 is 9.90 Å². The van der Waals surface area contributed by atoms with Crippen LogP contribution in [-0.4, -0.2) is 36.1 Å². The number of aliphatic hydroxyl groups is 1. The average molecular weight is 240 g/mol. The molecule has 0 unspecified atom stereocenters. The number of rotatable bonds is 4. The minimum atomic E-state index is -0.144. The van der Waals surface area contributed by atoms with E-state index in [2.05, 4.69) is 0 Å². The maximum absolute atomic E-state index is 11.5. The Morgan fingerprint density at radius 2 is 2.31 bits per heavy atom. The van der Waals surface area contributed by atoms with Crippen molar-refractivity contribution in [1.29, 1.82) is 0 Å². The molecule has 0 fully saturated rings. The summed E-state index contributed by atoms with van der Waals surface area (Å²) in [5.41, 5.74) is 0.873. The number of amides is 1. The second-order valence-electron chi connectivity index (χ2n) is 3.37. The molecule has 86 valence electrons. The van der Waals surface area contributed by atoms with Gasteiger partial charge >= 0.3 is 0 Å². The third-order valence-corrected chi connectivity index (χ3v) is 2.31. The first-order valence-corrected chi connectivity index (χ1v) is 5.31. The minimum Gasteiger partial charge on any atom is -0.395 e. The Kier molecular flexibility index (Phi) is 5.02. The van der Waals surface area contributed by atoms with Crippen LogP contribution >= 0.6 is 11.6 Å². The summed E-state index contributed by atoms with van der Waals surface area (Å²) in [5, 5.41) is 9.31. The lowest BCUT2D eigenvalue weighted by Crippen LogP contribution is -2.27. The standard InChI is InChI=1S/C12H14ClNO2/c1-14(7-8-15)12(16)6-5-10-3-2-4-11(13)9-10/h2-6,9,15H,7-8H2,1H3/b6-5+. The van der Waals surface area contributed by atoms with Gasteiger partial charge in [-0.3, -0.25) is 4.79 Å². The van der Waals surface area contributed by atoms with E-state index < -0.39 is 0 Å². The van der Waals surface area contributed by atoms with Crippen molar-refractivity contribution in [3.05, 3.63) is 40.9 Å². The number of likely N-dealkylation sites (N-methyl/N-ethyl adjacent to an activating group) is 1. The van der Waals surface area contributed by atoms with Gasteiger partial charge in [0.1, 0.15) is 0 Å². The Morgan fingerprint density at radius 1 is 1.56 bits per heavy atom. The van der Waals surface area contributed by atoms with Gasteiger partial charge in [-0.2, -0.15) is 0 Å². The lowest BCUT2D eigenvalue weighted by Gasteiger charge is -2.12. The van der Waals surface area contributed by atoms with Crippen LogP contribution in [0.5, 0.6) is 0 Å². The van der Waals surface area contributed by atoms with Gasteiger partial charge in [0.2, 0.25) is 5.91 Å². The fraction of sp³-hybridized carbons (Fsp3) is 0.250. The topological polar surface area (TPSA) is 40.5 Å². The first-order chi connectivity index (χ1) is 7.63. The quantitative estimate of drug-likeness (QED) is 0.814. The number of aliphatic hydroxyl groups excluding tert-OH is 1. The van der Waals surface area contributed by atoms with Crippen molar-refractivity contribution in [2.24, 2.45) is 0 Å². The normalized spacial score (nSPS) is 10.7. The van der Waals surface area contributed by atoms with Crippen molar-refractivity contribution in [2.75, 3.05) is 20.2 Å². The molecular weight excluding hydrogens is 226 g/mol. The summed E-state index contributed by atoms with van der Waals surface area (Å²) in [7, 11) is 1.64. The van der Waals surface area contributed by atoms with E-state index in [1.54, 1.807) is 25.3 Å². The summed E-state index contributed by atoms with van der Waals surface area (Å²) in [6.45, 7) is 0.298. The highest BCUT2D eigenvalue weighted by molar-refractivity contribution is 6.30. The summed E-state index contributed by atoms with van der Waals surface area (Å²) in [4.78, 5) is 12.9. The van der Waals surface area contributed by atoms with Crippen molar-refractivity contribution in [1.82, 2.24) is 4.90 Å². The summed E-state index contributed by atoms with van der Waals surface area (Å²) in [6.07, 6.45) is 3.16. The minimum absolute atomic E-state index is 0.0345. The van der Waals surface area contributed by atoms with Crippen LogP contribution in [0, 0.1) is 0 Å². The smallest absolute Gasteiger partial charge is 0.246 e. The van der Waals surface area contributed by atoms with Gasteiger partial charge in [0.05, 0.1) is 6.61 Å². The molecule has 1 amide bonds. The summed E-state index contributed by atoms with van der Waals surface area (Å²) >= 11 is 5.81. The highest BCUT2D eigenvalue weighted by atomic mass is 35.5. The van der Waals surface area contributed by atoms with Crippen LogP contribution in [-0.2, 0) is 4.79 Å². The molecule has 1 rings (SSSR count). The molecule has 3 nitrogen and oxygen atoms in total. The van der Waals surface area contributed by atoms with E-state index in [1.807, 2.05) is 12.1 Å². The Morgan fingerprint density at radius 3 is 2.94 bits per heavy atom. The first kappa shape index (κ1) is 12.7. The zero-order valence-electron chi connectivity index (χ0n) is 9.06. The molecule has 1 aromatic rings. The number of halogens is 1. The molecule has 1 N–H and O–H groups in total. The second kappa shape index (κ2) is 6.30. The predicted molar refractivity (Wildman–Crippen MR) is 65.2 cm³/mol. The van der Waals surface area contributed by atoms with Crippen LogP contribution in [0.2, 0.25) is 5.02 Å². The molecule has 4 heteroatoms. The zero-order valence-corrected chi connectivity index (χ0v) is 9.81. The van der Waals surface area contributed by atoms with E-state index in [9.17, 15) is 4.79 Å². The van der Waals surface area contributed by atoms with Crippen LogP contribution in [0.4, 0.5) is 0 Å². The van der Waals surface area contributed by atoms with Gasteiger partial charge in [0.15, 0.2) is 0 Å². The zero-order chi connectivity index (χ0) is 12.0. The maximum Gasteiger partial charge on any atom is 0.246 e. The van der Waals surface area contributed by atoms with E-state index in [0.29, 0.717) is 11.6 Å². The van der Waals surface area contributed by atoms with Gasteiger partial charge in [-0.25, -0.2) is 0 Å². The summed E-state index contributed by atoms with van der Waals surface area (Å²) in [6, 6.07) is 7.24. The number of hydrogen-bond donors (Lipinski definition) is 1.